The van der Waals surface area contributed by atoms with Gasteiger partial charge in [-0.25, -0.2) is 4.98 Å². The van der Waals surface area contributed by atoms with E-state index in [-0.39, 0.29) is 5.60 Å². The van der Waals surface area contributed by atoms with Crippen LogP contribution in [0.2, 0.25) is 0 Å². The molecule has 3 rings (SSSR count). The number of nitrogens with one attached hydrogen (secondary N) is 2. The van der Waals surface area contributed by atoms with Gasteiger partial charge >= 0.3 is 0 Å². The molecule has 1 aliphatic heterocycles. The van der Waals surface area contributed by atoms with Crippen molar-refractivity contribution in [1.29, 1.82) is 0 Å². The second-order valence-corrected chi connectivity index (χ2v) is 7.28. The molecule has 1 unspecified atom stereocenters. The van der Waals surface area contributed by atoms with Crippen LogP contribution in [0, 0.1) is 6.92 Å². The third-order valence-corrected chi connectivity index (χ3v) is 4.74. The summed E-state index contributed by atoms with van der Waals surface area (Å²) >= 11 is 0. The highest BCUT2D eigenvalue weighted by Crippen LogP contribution is 2.25. The molecule has 0 radical (unpaired) electrons. The first-order chi connectivity index (χ1) is 13.1. The van der Waals surface area contributed by atoms with Crippen LogP contribution in [0.15, 0.2) is 39.9 Å². The number of hydrogen-bond acceptors (Lipinski definition) is 4. The minimum atomic E-state index is -0.128. The number of aromatic nitrogens is 1. The van der Waals surface area contributed by atoms with Crippen molar-refractivity contribution in [1.82, 2.24) is 15.6 Å². The number of hydrogen-bond donors (Lipinski definition) is 2. The molecule has 146 valence electrons. The molecule has 0 aliphatic carbocycles. The van der Waals surface area contributed by atoms with Gasteiger partial charge in [-0.1, -0.05) is 17.7 Å². The molecule has 1 fully saturated rings. The van der Waals surface area contributed by atoms with Crippen molar-refractivity contribution in [2.24, 2.45) is 4.99 Å². The monoisotopic (exact) mass is 370 g/mol. The van der Waals surface area contributed by atoms with E-state index >= 15 is 0 Å². The van der Waals surface area contributed by atoms with E-state index < -0.39 is 0 Å². The lowest BCUT2D eigenvalue weighted by Gasteiger charge is -2.21. The highest BCUT2D eigenvalue weighted by molar-refractivity contribution is 5.79. The van der Waals surface area contributed by atoms with Gasteiger partial charge in [0.05, 0.1) is 17.8 Å². The molecule has 1 saturated heterocycles. The summed E-state index contributed by atoms with van der Waals surface area (Å²) in [6.07, 6.45) is 4.68. The molecule has 2 heterocycles. The SMILES string of the molecule is CCNC(=NCC1(C)CCCO1)NCCc1coc(-c2ccc(C)cc2)n1. The van der Waals surface area contributed by atoms with Crippen LogP contribution in [0.4, 0.5) is 0 Å². The van der Waals surface area contributed by atoms with E-state index in [2.05, 4.69) is 53.5 Å². The number of ether oxygens (including phenoxy) is 1. The van der Waals surface area contributed by atoms with Crippen LogP contribution >= 0.6 is 0 Å². The van der Waals surface area contributed by atoms with E-state index in [1.807, 2.05) is 12.1 Å². The zero-order valence-corrected chi connectivity index (χ0v) is 16.5. The first-order valence-corrected chi connectivity index (χ1v) is 9.75. The molecule has 0 amide bonds. The molecule has 1 aliphatic rings. The summed E-state index contributed by atoms with van der Waals surface area (Å²) in [5.74, 6) is 1.48. The highest BCUT2D eigenvalue weighted by atomic mass is 16.5. The maximum atomic E-state index is 5.81. The maximum absolute atomic E-state index is 5.81. The first-order valence-electron chi connectivity index (χ1n) is 9.75. The van der Waals surface area contributed by atoms with Gasteiger partial charge in [-0.05, 0) is 45.7 Å². The van der Waals surface area contributed by atoms with Gasteiger partial charge in [-0.2, -0.15) is 0 Å². The van der Waals surface area contributed by atoms with Crippen molar-refractivity contribution >= 4 is 5.96 Å². The molecule has 0 saturated carbocycles. The third kappa shape index (κ3) is 5.57. The van der Waals surface area contributed by atoms with Crippen molar-refractivity contribution in [3.05, 3.63) is 41.8 Å². The van der Waals surface area contributed by atoms with E-state index in [9.17, 15) is 0 Å². The Morgan fingerprint density at radius 2 is 2.07 bits per heavy atom. The van der Waals surface area contributed by atoms with Gasteiger partial charge in [0.2, 0.25) is 5.89 Å². The number of aliphatic imine (C=N–C) groups is 1. The fraction of sp³-hybridized carbons (Fsp3) is 0.524. The first kappa shape index (κ1) is 19.4. The Kier molecular flexibility index (Phi) is 6.50. The molecule has 2 N–H and O–H groups in total. The van der Waals surface area contributed by atoms with Crippen LogP contribution in [0.1, 0.15) is 37.9 Å². The standard InChI is InChI=1S/C21H30N4O2/c1-4-22-20(24-15-21(3)11-5-13-27-21)23-12-10-18-14-26-19(25-18)17-8-6-16(2)7-9-17/h6-9,14H,4-5,10-13,15H2,1-3H3,(H2,22,23,24). The fourth-order valence-electron chi connectivity index (χ4n) is 3.11. The lowest BCUT2D eigenvalue weighted by atomic mass is 10.0. The van der Waals surface area contributed by atoms with Crippen molar-refractivity contribution in [2.75, 3.05) is 26.2 Å². The smallest absolute Gasteiger partial charge is 0.226 e. The zero-order chi connectivity index (χ0) is 19.1. The summed E-state index contributed by atoms with van der Waals surface area (Å²) < 4.78 is 11.4. The second-order valence-electron chi connectivity index (χ2n) is 7.28. The number of rotatable bonds is 7. The van der Waals surface area contributed by atoms with Gasteiger partial charge in [-0.15, -0.1) is 0 Å². The number of guanidine groups is 1. The molecule has 6 nitrogen and oxygen atoms in total. The van der Waals surface area contributed by atoms with E-state index in [0.29, 0.717) is 12.4 Å². The summed E-state index contributed by atoms with van der Waals surface area (Å²) in [5.41, 5.74) is 3.03. The van der Waals surface area contributed by atoms with Crippen molar-refractivity contribution < 1.29 is 9.15 Å². The summed E-state index contributed by atoms with van der Waals surface area (Å²) in [4.78, 5) is 9.27. The summed E-state index contributed by atoms with van der Waals surface area (Å²) in [6, 6.07) is 8.19. The van der Waals surface area contributed by atoms with E-state index in [1.54, 1.807) is 6.26 Å². The van der Waals surface area contributed by atoms with Crippen molar-refractivity contribution in [3.63, 3.8) is 0 Å². The molecule has 1 aromatic heterocycles. The Bertz CT molecular complexity index is 746. The van der Waals surface area contributed by atoms with Crippen LogP contribution in [0.5, 0.6) is 0 Å². The summed E-state index contributed by atoms with van der Waals surface area (Å²) in [6.45, 7) is 9.34. The predicted octanol–water partition coefficient (Wildman–Crippen LogP) is 3.32. The van der Waals surface area contributed by atoms with Gasteiger partial charge in [0.25, 0.3) is 0 Å². The van der Waals surface area contributed by atoms with Gasteiger partial charge in [0.1, 0.15) is 6.26 Å². The van der Waals surface area contributed by atoms with Crippen molar-refractivity contribution in [2.45, 2.75) is 45.6 Å². The van der Waals surface area contributed by atoms with Gasteiger partial charge in [0, 0.05) is 31.7 Å². The van der Waals surface area contributed by atoms with Gasteiger partial charge in [-0.3, -0.25) is 4.99 Å². The lowest BCUT2D eigenvalue weighted by Crippen LogP contribution is -2.40. The average Bonchev–Trinajstić information content (AvgIpc) is 3.30. The van der Waals surface area contributed by atoms with E-state index in [0.717, 1.165) is 56.2 Å². The molecule has 0 bridgehead atoms. The quantitative estimate of drug-likeness (QED) is 0.578. The number of oxazole rings is 1. The van der Waals surface area contributed by atoms with Crippen molar-refractivity contribution in [3.8, 4) is 11.5 Å². The zero-order valence-electron chi connectivity index (χ0n) is 16.5. The third-order valence-electron chi connectivity index (χ3n) is 4.74. The number of benzene rings is 1. The van der Waals surface area contributed by atoms with Gasteiger partial charge < -0.3 is 19.8 Å². The van der Waals surface area contributed by atoms with Crippen LogP contribution in [-0.4, -0.2) is 42.8 Å². The average molecular weight is 370 g/mol. The molecule has 1 aromatic carbocycles. The number of nitrogens with zero attached hydrogens (tertiary/aromatic N) is 2. The lowest BCUT2D eigenvalue weighted by molar-refractivity contribution is 0.0283. The Labute approximate surface area is 161 Å². The Balaban J connectivity index is 1.52. The molecule has 0 spiro atoms. The Morgan fingerprint density at radius 1 is 1.26 bits per heavy atom. The van der Waals surface area contributed by atoms with Gasteiger partial charge in [0.15, 0.2) is 5.96 Å². The minimum absolute atomic E-state index is 0.128. The molecule has 6 heteroatoms. The topological polar surface area (TPSA) is 71.7 Å². The molecular weight excluding hydrogens is 340 g/mol. The Hall–Kier alpha value is -2.34. The van der Waals surface area contributed by atoms with Crippen LogP contribution in [0.25, 0.3) is 11.5 Å². The fourth-order valence-corrected chi connectivity index (χ4v) is 3.11. The second kappa shape index (κ2) is 9.04. The summed E-state index contributed by atoms with van der Waals surface area (Å²) in [7, 11) is 0. The van der Waals surface area contributed by atoms with E-state index in [1.165, 1.54) is 5.56 Å². The minimum Gasteiger partial charge on any atom is -0.444 e. The van der Waals surface area contributed by atoms with E-state index in [4.69, 9.17) is 9.15 Å². The largest absolute Gasteiger partial charge is 0.444 e. The number of aryl methyl sites for hydroxylation is 1. The molecule has 2 aromatic rings. The molecule has 27 heavy (non-hydrogen) atoms. The van der Waals surface area contributed by atoms with Crippen LogP contribution in [-0.2, 0) is 11.2 Å². The summed E-state index contributed by atoms with van der Waals surface area (Å²) in [5, 5.41) is 6.65. The molecule has 1 atom stereocenters. The molecular formula is C21H30N4O2. The Morgan fingerprint density at radius 3 is 2.78 bits per heavy atom. The van der Waals surface area contributed by atoms with Crippen LogP contribution < -0.4 is 10.6 Å². The normalized spacial score (nSPS) is 20.0. The maximum Gasteiger partial charge on any atom is 0.226 e. The highest BCUT2D eigenvalue weighted by Gasteiger charge is 2.29. The van der Waals surface area contributed by atoms with Crippen LogP contribution in [0.3, 0.4) is 0 Å². The predicted molar refractivity (Wildman–Crippen MR) is 108 cm³/mol.